The molecule has 4 amide bonds. The van der Waals surface area contributed by atoms with Crippen LogP contribution in [-0.4, -0.2) is 48.0 Å². The number of hydrogen-bond acceptors (Lipinski definition) is 6. The number of para-hydroxylation sites is 2. The molecular formula is C21H22N4O5. The molecule has 1 heterocycles. The van der Waals surface area contributed by atoms with Gasteiger partial charge in [-0.2, -0.15) is 0 Å². The van der Waals surface area contributed by atoms with Gasteiger partial charge in [-0.25, -0.2) is 4.79 Å². The Morgan fingerprint density at radius 3 is 2.37 bits per heavy atom. The van der Waals surface area contributed by atoms with Crippen LogP contribution in [0.4, 0.5) is 10.5 Å². The number of rotatable bonds is 4. The normalized spacial score (nSPS) is 18.9. The molecule has 2 atom stereocenters. The standard InChI is InChI=1S/C21H22N4O5/c1-12-8-7-11-15(17(12)30-13(2)26)19(27)23-16-18(22)25(14-9-5-4-6-10-14)21(29)24(3)20(16)28/h4-11,16,18H,22H2,1-3H3,(H,23,27). The van der Waals surface area contributed by atoms with E-state index in [4.69, 9.17) is 10.5 Å². The number of hydrogen-bond donors (Lipinski definition) is 2. The summed E-state index contributed by atoms with van der Waals surface area (Å²) >= 11 is 0. The number of aryl methyl sites for hydroxylation is 1. The Bertz CT molecular complexity index is 1010. The first-order valence-electron chi connectivity index (χ1n) is 9.22. The number of nitrogens with one attached hydrogen (secondary N) is 1. The Morgan fingerprint density at radius 1 is 1.07 bits per heavy atom. The van der Waals surface area contributed by atoms with Gasteiger partial charge in [-0.15, -0.1) is 0 Å². The largest absolute Gasteiger partial charge is 0.426 e. The van der Waals surface area contributed by atoms with Crippen molar-refractivity contribution in [1.82, 2.24) is 10.2 Å². The summed E-state index contributed by atoms with van der Waals surface area (Å²) in [5.41, 5.74) is 7.38. The summed E-state index contributed by atoms with van der Waals surface area (Å²) in [4.78, 5) is 51.9. The summed E-state index contributed by atoms with van der Waals surface area (Å²) in [5, 5.41) is 2.59. The van der Waals surface area contributed by atoms with Crippen molar-refractivity contribution in [3.8, 4) is 5.75 Å². The van der Waals surface area contributed by atoms with Crippen LogP contribution in [0, 0.1) is 6.92 Å². The fourth-order valence-electron chi connectivity index (χ4n) is 3.23. The molecule has 1 saturated heterocycles. The van der Waals surface area contributed by atoms with Crippen LogP contribution in [0.5, 0.6) is 5.75 Å². The number of imide groups is 1. The van der Waals surface area contributed by atoms with Gasteiger partial charge < -0.3 is 15.8 Å². The number of nitrogens with two attached hydrogens (primary N) is 1. The number of anilines is 1. The highest BCUT2D eigenvalue weighted by Crippen LogP contribution is 2.26. The molecular weight excluding hydrogens is 388 g/mol. The Balaban J connectivity index is 1.93. The van der Waals surface area contributed by atoms with E-state index in [0.717, 1.165) is 4.90 Å². The van der Waals surface area contributed by atoms with Gasteiger partial charge in [0.15, 0.2) is 0 Å². The summed E-state index contributed by atoms with van der Waals surface area (Å²) < 4.78 is 5.18. The second kappa shape index (κ2) is 8.34. The van der Waals surface area contributed by atoms with E-state index < -0.39 is 36.0 Å². The first-order chi connectivity index (χ1) is 14.2. The second-order valence-electron chi connectivity index (χ2n) is 6.87. The molecule has 0 bridgehead atoms. The molecule has 3 rings (SSSR count). The average molecular weight is 410 g/mol. The van der Waals surface area contributed by atoms with E-state index in [9.17, 15) is 19.2 Å². The lowest BCUT2D eigenvalue weighted by Gasteiger charge is -2.41. The molecule has 156 valence electrons. The van der Waals surface area contributed by atoms with E-state index >= 15 is 0 Å². The number of ether oxygens (including phenoxy) is 1. The first kappa shape index (κ1) is 21.0. The number of benzene rings is 2. The number of likely N-dealkylation sites (N-methyl/N-ethyl adjacent to an activating group) is 1. The molecule has 2 unspecified atom stereocenters. The van der Waals surface area contributed by atoms with Crippen LogP contribution in [0.2, 0.25) is 0 Å². The zero-order chi connectivity index (χ0) is 22.0. The maximum atomic E-state index is 13.0. The molecule has 1 aliphatic heterocycles. The van der Waals surface area contributed by atoms with Gasteiger partial charge in [0.1, 0.15) is 18.0 Å². The lowest BCUT2D eigenvalue weighted by atomic mass is 10.1. The van der Waals surface area contributed by atoms with Gasteiger partial charge in [0.25, 0.3) is 11.8 Å². The molecule has 0 aromatic heterocycles. The Morgan fingerprint density at radius 2 is 1.73 bits per heavy atom. The average Bonchev–Trinajstić information content (AvgIpc) is 2.71. The number of carbonyl (C=O) groups excluding carboxylic acids is 4. The summed E-state index contributed by atoms with van der Waals surface area (Å²) in [6.07, 6.45) is -1.13. The van der Waals surface area contributed by atoms with Crippen LogP contribution in [-0.2, 0) is 9.59 Å². The van der Waals surface area contributed by atoms with Gasteiger partial charge in [-0.3, -0.25) is 24.2 Å². The van der Waals surface area contributed by atoms with Gasteiger partial charge in [0.05, 0.1) is 5.56 Å². The lowest BCUT2D eigenvalue weighted by molar-refractivity contribution is -0.132. The minimum Gasteiger partial charge on any atom is -0.426 e. The number of nitrogens with zero attached hydrogens (tertiary/aromatic N) is 2. The molecule has 0 spiro atoms. The molecule has 30 heavy (non-hydrogen) atoms. The third-order valence-corrected chi connectivity index (χ3v) is 4.75. The summed E-state index contributed by atoms with van der Waals surface area (Å²) in [5.74, 6) is -1.78. The van der Waals surface area contributed by atoms with E-state index in [-0.39, 0.29) is 11.3 Å². The van der Waals surface area contributed by atoms with Crippen LogP contribution in [0.15, 0.2) is 48.5 Å². The Hall–Kier alpha value is -3.72. The van der Waals surface area contributed by atoms with Gasteiger partial charge in [-0.05, 0) is 30.7 Å². The van der Waals surface area contributed by atoms with Gasteiger partial charge in [0, 0.05) is 19.7 Å². The minimum atomic E-state index is -1.20. The summed E-state index contributed by atoms with van der Waals surface area (Å²) in [7, 11) is 1.32. The van der Waals surface area contributed by atoms with Crippen LogP contribution >= 0.6 is 0 Å². The van der Waals surface area contributed by atoms with Gasteiger partial charge in [0.2, 0.25) is 0 Å². The Labute approximate surface area is 173 Å². The fourth-order valence-corrected chi connectivity index (χ4v) is 3.23. The Kier molecular flexibility index (Phi) is 5.84. The molecule has 0 aliphatic carbocycles. The minimum absolute atomic E-state index is 0.0796. The summed E-state index contributed by atoms with van der Waals surface area (Å²) in [6, 6.07) is 11.6. The number of urea groups is 1. The smallest absolute Gasteiger partial charge is 0.332 e. The van der Waals surface area contributed by atoms with E-state index in [1.165, 1.54) is 24.9 Å². The van der Waals surface area contributed by atoms with Crippen molar-refractivity contribution in [2.24, 2.45) is 5.73 Å². The maximum Gasteiger partial charge on any atom is 0.332 e. The summed E-state index contributed by atoms with van der Waals surface area (Å²) in [6.45, 7) is 2.92. The molecule has 2 aromatic carbocycles. The number of esters is 1. The van der Waals surface area contributed by atoms with Crippen molar-refractivity contribution < 1.29 is 23.9 Å². The molecule has 0 saturated carbocycles. The highest BCUT2D eigenvalue weighted by molar-refractivity contribution is 6.10. The molecule has 1 fully saturated rings. The molecule has 1 aliphatic rings. The van der Waals surface area contributed by atoms with E-state index in [0.29, 0.717) is 11.3 Å². The van der Waals surface area contributed by atoms with Crippen molar-refractivity contribution in [1.29, 1.82) is 0 Å². The highest BCUT2D eigenvalue weighted by Gasteiger charge is 2.44. The van der Waals surface area contributed by atoms with Crippen molar-refractivity contribution in [2.45, 2.75) is 26.1 Å². The SMILES string of the molecule is CC(=O)Oc1c(C)cccc1C(=O)NC1C(=O)N(C)C(=O)N(c2ccccc2)C1N. The molecule has 9 heteroatoms. The third-order valence-electron chi connectivity index (χ3n) is 4.75. The van der Waals surface area contributed by atoms with Crippen LogP contribution < -0.4 is 20.7 Å². The number of amides is 4. The van der Waals surface area contributed by atoms with Crippen molar-refractivity contribution in [2.75, 3.05) is 11.9 Å². The quantitative estimate of drug-likeness (QED) is 0.580. The topological polar surface area (TPSA) is 122 Å². The molecule has 0 radical (unpaired) electrons. The molecule has 2 aromatic rings. The van der Waals surface area contributed by atoms with Crippen LogP contribution in [0.25, 0.3) is 0 Å². The molecule has 9 nitrogen and oxygen atoms in total. The van der Waals surface area contributed by atoms with Crippen LogP contribution in [0.1, 0.15) is 22.8 Å². The van der Waals surface area contributed by atoms with Crippen molar-refractivity contribution in [3.05, 3.63) is 59.7 Å². The maximum absolute atomic E-state index is 13.0. The second-order valence-corrected chi connectivity index (χ2v) is 6.87. The lowest BCUT2D eigenvalue weighted by Crippen LogP contribution is -2.71. The zero-order valence-corrected chi connectivity index (χ0v) is 16.8. The zero-order valence-electron chi connectivity index (χ0n) is 16.8. The van der Waals surface area contributed by atoms with Crippen molar-refractivity contribution >= 4 is 29.5 Å². The predicted octanol–water partition coefficient (Wildman–Crippen LogP) is 1.40. The highest BCUT2D eigenvalue weighted by atomic mass is 16.5. The van der Waals surface area contributed by atoms with E-state index in [2.05, 4.69) is 5.32 Å². The van der Waals surface area contributed by atoms with Gasteiger partial charge in [-0.1, -0.05) is 30.3 Å². The van der Waals surface area contributed by atoms with Gasteiger partial charge >= 0.3 is 12.0 Å². The monoisotopic (exact) mass is 410 g/mol. The van der Waals surface area contributed by atoms with E-state index in [1.54, 1.807) is 49.4 Å². The molecule has 3 N–H and O–H groups in total. The first-order valence-corrected chi connectivity index (χ1v) is 9.22. The number of carbonyl (C=O) groups is 4. The van der Waals surface area contributed by atoms with Crippen LogP contribution in [0.3, 0.4) is 0 Å². The third kappa shape index (κ3) is 3.87. The fraction of sp³-hybridized carbons (Fsp3) is 0.238. The predicted molar refractivity (Wildman–Crippen MR) is 109 cm³/mol. The van der Waals surface area contributed by atoms with E-state index in [1.807, 2.05) is 0 Å². The van der Waals surface area contributed by atoms with Crippen molar-refractivity contribution in [3.63, 3.8) is 0 Å².